The molecule has 1 saturated heterocycles. The van der Waals surface area contributed by atoms with Gasteiger partial charge in [-0.2, -0.15) is 0 Å². The number of fused-ring (bicyclic) bond motifs is 3. The van der Waals surface area contributed by atoms with Crippen molar-refractivity contribution in [3.05, 3.63) is 57.5 Å². The van der Waals surface area contributed by atoms with Crippen molar-refractivity contribution in [2.75, 3.05) is 13.1 Å². The van der Waals surface area contributed by atoms with Crippen molar-refractivity contribution >= 4 is 17.0 Å². The Bertz CT molecular complexity index is 1230. The molecular weight excluding hydrogens is 430 g/mol. The van der Waals surface area contributed by atoms with Crippen molar-refractivity contribution in [3.63, 3.8) is 0 Å². The Hall–Kier alpha value is -2.51. The summed E-state index contributed by atoms with van der Waals surface area (Å²) in [5.74, 6) is 2.77. The second-order valence-corrected chi connectivity index (χ2v) is 11.2. The van der Waals surface area contributed by atoms with Crippen molar-refractivity contribution in [1.82, 2.24) is 20.1 Å². The van der Waals surface area contributed by atoms with E-state index in [2.05, 4.69) is 65.1 Å². The third kappa shape index (κ3) is 3.44. The summed E-state index contributed by atoms with van der Waals surface area (Å²) in [5, 5.41) is 13.5. The van der Waals surface area contributed by atoms with E-state index >= 15 is 0 Å². The third-order valence-corrected chi connectivity index (χ3v) is 8.97. The monoisotopic (exact) mass is 461 g/mol. The van der Waals surface area contributed by atoms with E-state index in [4.69, 9.17) is 9.73 Å². The van der Waals surface area contributed by atoms with Crippen molar-refractivity contribution in [1.29, 1.82) is 0 Å². The van der Waals surface area contributed by atoms with Gasteiger partial charge in [-0.05, 0) is 95.2 Å². The van der Waals surface area contributed by atoms with E-state index in [9.17, 15) is 0 Å². The number of rotatable bonds is 3. The highest BCUT2D eigenvalue weighted by molar-refractivity contribution is 7.15. The summed E-state index contributed by atoms with van der Waals surface area (Å²) < 4.78 is 8.60. The van der Waals surface area contributed by atoms with Crippen LogP contribution in [0.5, 0.6) is 5.75 Å². The van der Waals surface area contributed by atoms with Gasteiger partial charge in [0.1, 0.15) is 22.6 Å². The number of aromatic nitrogens is 3. The molecule has 172 valence electrons. The van der Waals surface area contributed by atoms with Crippen LogP contribution >= 0.6 is 11.3 Å². The Kier molecular flexibility index (Phi) is 4.96. The molecule has 3 aromatic rings. The summed E-state index contributed by atoms with van der Waals surface area (Å²) in [6.07, 6.45) is 5.22. The van der Waals surface area contributed by atoms with E-state index in [-0.39, 0.29) is 6.04 Å². The van der Waals surface area contributed by atoms with Crippen molar-refractivity contribution < 1.29 is 4.74 Å². The minimum Gasteiger partial charge on any atom is -0.490 e. The minimum atomic E-state index is -0.0638. The second-order valence-electron chi connectivity index (χ2n) is 9.99. The molecule has 2 unspecified atom stereocenters. The predicted octanol–water partition coefficient (Wildman–Crippen LogP) is 5.08. The molecule has 6 nitrogen and oxygen atoms in total. The Morgan fingerprint density at radius 3 is 2.70 bits per heavy atom. The van der Waals surface area contributed by atoms with Crippen LogP contribution in [0.2, 0.25) is 0 Å². The van der Waals surface area contributed by atoms with E-state index in [0.717, 1.165) is 48.2 Å². The molecule has 6 rings (SSSR count). The number of aliphatic imine (C=N–C) groups is 1. The predicted molar refractivity (Wildman–Crippen MR) is 132 cm³/mol. The smallest absolute Gasteiger partial charge is 0.162 e. The standard InChI is InChI=1S/C26H31N5OS/c1-15-17(3)33-25-22(15)23(28-16(2)24-30-29-18(4)31(24)25)19-5-7-20(8-6-19)32-21-9-10-26(13-21)11-12-27-14-26/h5-8,16,21,27H,9-14H2,1-4H3/t16-,21?,26?/m0/s1. The van der Waals surface area contributed by atoms with Gasteiger partial charge in [0.25, 0.3) is 0 Å². The number of benzene rings is 1. The maximum atomic E-state index is 6.41. The first-order valence-corrected chi connectivity index (χ1v) is 12.8. The molecule has 1 aromatic carbocycles. The number of thiophene rings is 1. The summed E-state index contributed by atoms with van der Waals surface area (Å²) in [5.41, 5.74) is 5.11. The lowest BCUT2D eigenvalue weighted by Gasteiger charge is -2.22. The molecule has 3 atom stereocenters. The van der Waals surface area contributed by atoms with Gasteiger partial charge in [0, 0.05) is 22.5 Å². The fourth-order valence-corrected chi connectivity index (χ4v) is 7.02. The molecule has 1 N–H and O–H groups in total. The van der Waals surface area contributed by atoms with Gasteiger partial charge in [-0.25, -0.2) is 0 Å². The zero-order valence-electron chi connectivity index (χ0n) is 19.8. The molecule has 4 heterocycles. The largest absolute Gasteiger partial charge is 0.490 e. The third-order valence-electron chi connectivity index (χ3n) is 7.77. The molecule has 0 amide bonds. The lowest BCUT2D eigenvalue weighted by atomic mass is 9.85. The summed E-state index contributed by atoms with van der Waals surface area (Å²) in [4.78, 5) is 6.45. The van der Waals surface area contributed by atoms with Crippen molar-refractivity contribution in [2.45, 2.75) is 65.5 Å². The minimum absolute atomic E-state index is 0.0638. The van der Waals surface area contributed by atoms with E-state index < -0.39 is 0 Å². The normalized spacial score (nSPS) is 26.2. The second kappa shape index (κ2) is 7.77. The van der Waals surface area contributed by atoms with E-state index in [1.807, 2.05) is 6.92 Å². The van der Waals surface area contributed by atoms with Crippen molar-refractivity contribution in [2.24, 2.45) is 10.4 Å². The van der Waals surface area contributed by atoms with Gasteiger partial charge < -0.3 is 10.1 Å². The zero-order valence-corrected chi connectivity index (χ0v) is 20.6. The van der Waals surface area contributed by atoms with Crippen LogP contribution in [0.15, 0.2) is 29.3 Å². The fraction of sp³-hybridized carbons (Fsp3) is 0.500. The highest BCUT2D eigenvalue weighted by Gasteiger charge is 2.42. The van der Waals surface area contributed by atoms with Crippen LogP contribution < -0.4 is 10.1 Å². The van der Waals surface area contributed by atoms with E-state index in [1.165, 1.54) is 40.3 Å². The van der Waals surface area contributed by atoms with Gasteiger partial charge in [0.05, 0.1) is 11.8 Å². The Labute approximate surface area is 199 Å². The number of hydrogen-bond acceptors (Lipinski definition) is 6. The number of aryl methyl sites for hydroxylation is 2. The molecule has 3 aliphatic rings. The van der Waals surface area contributed by atoms with Crippen LogP contribution in [0, 0.1) is 26.2 Å². The van der Waals surface area contributed by atoms with Crippen LogP contribution in [0.3, 0.4) is 0 Å². The number of nitrogens with zero attached hydrogens (tertiary/aromatic N) is 4. The maximum absolute atomic E-state index is 6.41. The highest BCUT2D eigenvalue weighted by atomic mass is 32.1. The topological polar surface area (TPSA) is 64.3 Å². The van der Waals surface area contributed by atoms with E-state index in [1.54, 1.807) is 11.3 Å². The summed E-state index contributed by atoms with van der Waals surface area (Å²) in [6.45, 7) is 10.8. The SMILES string of the molecule is Cc1sc2c(c1C)C(c1ccc(OC3CCC4(CCNC4)C3)cc1)=N[C@@H](C)c1nnc(C)n1-2. The first kappa shape index (κ1) is 21.1. The molecule has 1 spiro atoms. The van der Waals surface area contributed by atoms with Crippen LogP contribution in [0.25, 0.3) is 5.00 Å². The molecule has 33 heavy (non-hydrogen) atoms. The van der Waals surface area contributed by atoms with Gasteiger partial charge in [-0.1, -0.05) is 0 Å². The maximum Gasteiger partial charge on any atom is 0.162 e. The molecule has 2 aromatic heterocycles. The van der Waals surface area contributed by atoms with Crippen molar-refractivity contribution in [3.8, 4) is 10.8 Å². The average molecular weight is 462 g/mol. The molecule has 1 aliphatic carbocycles. The Morgan fingerprint density at radius 2 is 1.94 bits per heavy atom. The van der Waals surface area contributed by atoms with Crippen LogP contribution in [0.4, 0.5) is 0 Å². The number of ether oxygens (including phenoxy) is 1. The molecule has 2 aliphatic heterocycles. The lowest BCUT2D eigenvalue weighted by Crippen LogP contribution is -2.22. The fourth-order valence-electron chi connectivity index (χ4n) is 5.80. The number of hydrogen-bond donors (Lipinski definition) is 1. The van der Waals surface area contributed by atoms with Gasteiger partial charge in [0.2, 0.25) is 0 Å². The summed E-state index contributed by atoms with van der Waals surface area (Å²) >= 11 is 1.80. The summed E-state index contributed by atoms with van der Waals surface area (Å²) in [7, 11) is 0. The van der Waals surface area contributed by atoms with Crippen LogP contribution in [0.1, 0.15) is 71.9 Å². The molecule has 7 heteroatoms. The molecule has 1 saturated carbocycles. The first-order valence-electron chi connectivity index (χ1n) is 12.0. The first-order chi connectivity index (χ1) is 15.9. The van der Waals surface area contributed by atoms with Gasteiger partial charge in [-0.15, -0.1) is 21.5 Å². The molecular formula is C26H31N5OS. The molecule has 0 radical (unpaired) electrons. The quantitative estimate of drug-likeness (QED) is 0.591. The summed E-state index contributed by atoms with van der Waals surface area (Å²) in [6, 6.07) is 8.50. The Morgan fingerprint density at radius 1 is 1.12 bits per heavy atom. The van der Waals surface area contributed by atoms with Gasteiger partial charge in [-0.3, -0.25) is 9.56 Å². The van der Waals surface area contributed by atoms with E-state index in [0.29, 0.717) is 11.5 Å². The Balaban J connectivity index is 1.31. The average Bonchev–Trinajstić information content (AvgIpc) is 3.56. The highest BCUT2D eigenvalue weighted by Crippen LogP contribution is 2.44. The van der Waals surface area contributed by atoms with Crippen LogP contribution in [-0.4, -0.2) is 39.7 Å². The van der Waals surface area contributed by atoms with Crippen LogP contribution in [-0.2, 0) is 0 Å². The molecule has 2 fully saturated rings. The lowest BCUT2D eigenvalue weighted by molar-refractivity contribution is 0.188. The zero-order chi connectivity index (χ0) is 22.7. The van der Waals surface area contributed by atoms with Gasteiger partial charge in [0.15, 0.2) is 5.82 Å². The number of nitrogens with one attached hydrogen (secondary N) is 1. The molecule has 0 bridgehead atoms. The van der Waals surface area contributed by atoms with Gasteiger partial charge >= 0.3 is 0 Å².